The highest BCUT2D eigenvalue weighted by atomic mass is 35.5. The Hall–Kier alpha value is -1.01. The molecule has 0 amide bonds. The van der Waals surface area contributed by atoms with Crippen LogP contribution in [0.2, 0.25) is 5.02 Å². The molecular formula is C8H8ClFO4S. The average Bonchev–Trinajstić information content (AvgIpc) is 2.16. The minimum atomic E-state index is -4.86. The second kappa shape index (κ2) is 4.24. The van der Waals surface area contributed by atoms with Crippen molar-refractivity contribution in [2.45, 2.75) is 4.90 Å². The molecule has 0 unspecified atom stereocenters. The average molecular weight is 255 g/mol. The van der Waals surface area contributed by atoms with E-state index in [1.165, 1.54) is 20.3 Å². The predicted octanol–water partition coefficient (Wildman–Crippen LogP) is 2.02. The smallest absolute Gasteiger partial charge is 0.335 e. The lowest BCUT2D eigenvalue weighted by atomic mass is 10.3. The van der Waals surface area contributed by atoms with Gasteiger partial charge in [-0.05, 0) is 6.07 Å². The largest absolute Gasteiger partial charge is 0.495 e. The fraction of sp³-hybridized carbons (Fsp3) is 0.250. The Morgan fingerprint density at radius 2 is 1.73 bits per heavy atom. The summed E-state index contributed by atoms with van der Waals surface area (Å²) in [6, 6.07) is 2.14. The molecule has 0 spiro atoms. The summed E-state index contributed by atoms with van der Waals surface area (Å²) in [6.07, 6.45) is 0. The van der Waals surface area contributed by atoms with Crippen LogP contribution in [0, 0.1) is 0 Å². The summed E-state index contributed by atoms with van der Waals surface area (Å²) < 4.78 is 43.8. The summed E-state index contributed by atoms with van der Waals surface area (Å²) in [5.41, 5.74) is 0. The molecule has 0 fully saturated rings. The van der Waals surface area contributed by atoms with Crippen molar-refractivity contribution in [3.05, 3.63) is 17.2 Å². The van der Waals surface area contributed by atoms with Crippen molar-refractivity contribution in [1.29, 1.82) is 0 Å². The van der Waals surface area contributed by atoms with Gasteiger partial charge in [-0.3, -0.25) is 0 Å². The number of halogens is 2. The summed E-state index contributed by atoms with van der Waals surface area (Å²) >= 11 is 5.65. The Labute approximate surface area is 91.8 Å². The molecule has 1 aromatic rings. The minimum Gasteiger partial charge on any atom is -0.495 e. The molecule has 1 aromatic carbocycles. The Kier molecular flexibility index (Phi) is 3.41. The minimum absolute atomic E-state index is 0.00507. The zero-order valence-electron chi connectivity index (χ0n) is 7.95. The zero-order chi connectivity index (χ0) is 11.6. The van der Waals surface area contributed by atoms with Gasteiger partial charge in [-0.2, -0.15) is 8.42 Å². The lowest BCUT2D eigenvalue weighted by Crippen LogP contribution is -1.98. The number of methoxy groups -OCH3 is 2. The van der Waals surface area contributed by atoms with Crippen LogP contribution in [-0.4, -0.2) is 22.6 Å². The van der Waals surface area contributed by atoms with Crippen molar-refractivity contribution >= 4 is 21.8 Å². The zero-order valence-corrected chi connectivity index (χ0v) is 9.52. The fourth-order valence-corrected chi connectivity index (χ4v) is 1.97. The first-order valence-corrected chi connectivity index (χ1v) is 5.52. The third-order valence-corrected chi connectivity index (χ3v) is 2.84. The molecule has 0 aliphatic carbocycles. The monoisotopic (exact) mass is 254 g/mol. The van der Waals surface area contributed by atoms with Crippen molar-refractivity contribution in [2.75, 3.05) is 14.2 Å². The van der Waals surface area contributed by atoms with E-state index in [0.29, 0.717) is 0 Å². The van der Waals surface area contributed by atoms with E-state index in [4.69, 9.17) is 21.1 Å². The number of hydrogen-bond acceptors (Lipinski definition) is 4. The van der Waals surface area contributed by atoms with Crippen LogP contribution in [0.3, 0.4) is 0 Å². The Bertz CT molecular complexity index is 472. The number of rotatable bonds is 3. The van der Waals surface area contributed by atoms with Crippen molar-refractivity contribution in [2.24, 2.45) is 0 Å². The third kappa shape index (κ3) is 2.51. The second-order valence-corrected chi connectivity index (χ2v) is 4.30. The number of ether oxygens (including phenoxy) is 2. The second-order valence-electron chi connectivity index (χ2n) is 2.58. The summed E-state index contributed by atoms with van der Waals surface area (Å²) in [5, 5.41) is -0.00507. The normalized spacial score (nSPS) is 11.2. The number of benzene rings is 1. The highest BCUT2D eigenvalue weighted by Gasteiger charge is 2.21. The molecule has 0 aliphatic heterocycles. The van der Waals surface area contributed by atoms with E-state index in [1.54, 1.807) is 0 Å². The van der Waals surface area contributed by atoms with Gasteiger partial charge in [0.05, 0.1) is 19.2 Å². The van der Waals surface area contributed by atoms with Gasteiger partial charge in [0.25, 0.3) is 0 Å². The van der Waals surface area contributed by atoms with E-state index in [9.17, 15) is 12.3 Å². The van der Waals surface area contributed by atoms with Gasteiger partial charge in [-0.15, -0.1) is 3.89 Å². The van der Waals surface area contributed by atoms with Crippen LogP contribution in [0.15, 0.2) is 17.0 Å². The fourth-order valence-electron chi connectivity index (χ4n) is 1.02. The van der Waals surface area contributed by atoms with Gasteiger partial charge in [0.2, 0.25) is 0 Å². The summed E-state index contributed by atoms with van der Waals surface area (Å²) in [6.45, 7) is 0. The molecule has 0 saturated heterocycles. The van der Waals surface area contributed by atoms with E-state index in [2.05, 4.69) is 0 Å². The van der Waals surface area contributed by atoms with Gasteiger partial charge in [0.1, 0.15) is 16.4 Å². The van der Waals surface area contributed by atoms with Crippen LogP contribution >= 0.6 is 11.6 Å². The van der Waals surface area contributed by atoms with E-state index < -0.39 is 15.1 Å². The molecule has 0 aromatic heterocycles. The SMILES string of the molecule is COc1cc(OC)c(S(=O)(=O)F)cc1Cl. The van der Waals surface area contributed by atoms with Crippen LogP contribution < -0.4 is 9.47 Å². The topological polar surface area (TPSA) is 52.6 Å². The molecule has 0 aliphatic rings. The first-order valence-electron chi connectivity index (χ1n) is 3.76. The van der Waals surface area contributed by atoms with Crippen molar-refractivity contribution in [3.8, 4) is 11.5 Å². The Balaban J connectivity index is 3.48. The quantitative estimate of drug-likeness (QED) is 0.775. The molecule has 4 nitrogen and oxygen atoms in total. The molecule has 0 bridgehead atoms. The molecule has 0 saturated carbocycles. The van der Waals surface area contributed by atoms with Gasteiger partial charge < -0.3 is 9.47 Å². The molecule has 1 rings (SSSR count). The summed E-state index contributed by atoms with van der Waals surface area (Å²) in [7, 11) is -2.29. The lowest BCUT2D eigenvalue weighted by Gasteiger charge is -2.08. The maximum atomic E-state index is 12.8. The van der Waals surface area contributed by atoms with Crippen LogP contribution in [0.5, 0.6) is 11.5 Å². The number of hydrogen-bond donors (Lipinski definition) is 0. The first kappa shape index (κ1) is 12.1. The standard InChI is InChI=1S/C8H8ClFO4S/c1-13-6-4-7(14-2)8(3-5(6)9)15(10,11)12/h3-4H,1-2H3. The van der Waals surface area contributed by atoms with Crippen molar-refractivity contribution < 1.29 is 21.8 Å². The van der Waals surface area contributed by atoms with Crippen LogP contribution in [0.25, 0.3) is 0 Å². The Morgan fingerprint density at radius 1 is 1.20 bits per heavy atom. The van der Waals surface area contributed by atoms with Crippen molar-refractivity contribution in [3.63, 3.8) is 0 Å². The summed E-state index contributed by atoms with van der Waals surface area (Å²) in [5.74, 6) is 0.0552. The third-order valence-electron chi connectivity index (χ3n) is 1.70. The van der Waals surface area contributed by atoms with Gasteiger partial charge in [-0.1, -0.05) is 11.6 Å². The Morgan fingerprint density at radius 3 is 2.13 bits per heavy atom. The summed E-state index contributed by atoms with van der Waals surface area (Å²) in [4.78, 5) is -0.615. The van der Waals surface area contributed by atoms with Crippen LogP contribution in [0.1, 0.15) is 0 Å². The van der Waals surface area contributed by atoms with Gasteiger partial charge in [0, 0.05) is 6.07 Å². The highest BCUT2D eigenvalue weighted by molar-refractivity contribution is 7.86. The van der Waals surface area contributed by atoms with Gasteiger partial charge >= 0.3 is 10.2 Å². The first-order chi connectivity index (χ1) is 6.90. The van der Waals surface area contributed by atoms with Crippen molar-refractivity contribution in [1.82, 2.24) is 0 Å². The van der Waals surface area contributed by atoms with Crippen LogP contribution in [-0.2, 0) is 10.2 Å². The maximum absolute atomic E-state index is 12.8. The maximum Gasteiger partial charge on any atom is 0.335 e. The lowest BCUT2D eigenvalue weighted by molar-refractivity contribution is 0.385. The molecule has 0 radical (unpaired) electrons. The molecule has 0 N–H and O–H groups in total. The van der Waals surface area contributed by atoms with Gasteiger partial charge in [-0.25, -0.2) is 0 Å². The van der Waals surface area contributed by atoms with E-state index in [0.717, 1.165) is 6.07 Å². The predicted molar refractivity (Wildman–Crippen MR) is 52.8 cm³/mol. The van der Waals surface area contributed by atoms with Gasteiger partial charge in [0.15, 0.2) is 0 Å². The van der Waals surface area contributed by atoms with Crippen LogP contribution in [0.4, 0.5) is 3.89 Å². The molecule has 84 valence electrons. The molecule has 0 heterocycles. The molecule has 0 atom stereocenters. The van der Waals surface area contributed by atoms with E-state index in [-0.39, 0.29) is 16.5 Å². The molecule has 15 heavy (non-hydrogen) atoms. The van der Waals surface area contributed by atoms with E-state index in [1.807, 2.05) is 0 Å². The molecular weight excluding hydrogens is 247 g/mol. The molecule has 7 heteroatoms. The van der Waals surface area contributed by atoms with E-state index >= 15 is 0 Å². The highest BCUT2D eigenvalue weighted by Crippen LogP contribution is 2.35.